The summed E-state index contributed by atoms with van der Waals surface area (Å²) in [6.07, 6.45) is -0.476. The van der Waals surface area contributed by atoms with Gasteiger partial charge in [-0.25, -0.2) is 0 Å². The number of rotatable bonds is 5. The summed E-state index contributed by atoms with van der Waals surface area (Å²) in [7, 11) is 3.02. The fourth-order valence-corrected chi connectivity index (χ4v) is 2.82. The Morgan fingerprint density at radius 2 is 1.83 bits per heavy atom. The number of carbonyl (C=O) groups excluding carboxylic acids is 1. The maximum absolute atomic E-state index is 13.2. The first-order valence-electron chi connectivity index (χ1n) is 8.49. The van der Waals surface area contributed by atoms with Crippen LogP contribution in [0.25, 0.3) is 17.0 Å². The van der Waals surface area contributed by atoms with Gasteiger partial charge in [0.15, 0.2) is 11.5 Å². The number of para-hydroxylation sites is 1. The molecule has 0 spiro atoms. The van der Waals surface area contributed by atoms with E-state index in [0.29, 0.717) is 17.1 Å². The van der Waals surface area contributed by atoms with Crippen molar-refractivity contribution in [2.45, 2.75) is 6.18 Å². The third-order valence-corrected chi connectivity index (χ3v) is 4.17. The number of nitrogens with zero attached hydrogens (tertiary/aromatic N) is 1. The molecule has 0 unspecified atom stereocenters. The molecular formula is C21H17F3N2O3. The zero-order valence-corrected chi connectivity index (χ0v) is 15.6. The lowest BCUT2D eigenvalue weighted by molar-refractivity contribution is -0.136. The summed E-state index contributed by atoms with van der Waals surface area (Å²) in [4.78, 5) is 16.1. The lowest BCUT2D eigenvalue weighted by Gasteiger charge is -2.12. The minimum atomic E-state index is -4.54. The van der Waals surface area contributed by atoms with E-state index in [9.17, 15) is 18.0 Å². The van der Waals surface area contributed by atoms with Crippen molar-refractivity contribution in [3.05, 3.63) is 65.9 Å². The molecule has 1 amide bonds. The smallest absolute Gasteiger partial charge is 0.418 e. The van der Waals surface area contributed by atoms with E-state index < -0.39 is 17.6 Å². The van der Waals surface area contributed by atoms with Crippen LogP contribution >= 0.6 is 0 Å². The fourth-order valence-electron chi connectivity index (χ4n) is 2.82. The molecule has 0 atom stereocenters. The number of benzene rings is 2. The fraction of sp³-hybridized carbons (Fsp3) is 0.143. The highest BCUT2D eigenvalue weighted by molar-refractivity contribution is 6.07. The Bertz CT molecular complexity index is 1080. The van der Waals surface area contributed by atoms with E-state index in [1.54, 1.807) is 24.3 Å². The monoisotopic (exact) mass is 402 g/mol. The second kappa shape index (κ2) is 8.22. The second-order valence-electron chi connectivity index (χ2n) is 6.00. The zero-order chi connectivity index (χ0) is 21.0. The molecule has 0 saturated carbocycles. The number of alkyl halides is 3. The first-order valence-corrected chi connectivity index (χ1v) is 8.49. The van der Waals surface area contributed by atoms with Crippen LogP contribution < -0.4 is 14.8 Å². The van der Waals surface area contributed by atoms with E-state index in [2.05, 4.69) is 10.3 Å². The quantitative estimate of drug-likeness (QED) is 0.616. The molecule has 3 aromatic rings. The van der Waals surface area contributed by atoms with E-state index in [0.717, 1.165) is 6.07 Å². The Balaban J connectivity index is 1.84. The van der Waals surface area contributed by atoms with E-state index in [1.807, 2.05) is 0 Å². The maximum atomic E-state index is 13.2. The Labute approximate surface area is 164 Å². The number of nitrogens with one attached hydrogen (secondary N) is 1. The van der Waals surface area contributed by atoms with Gasteiger partial charge in [-0.3, -0.25) is 9.78 Å². The van der Waals surface area contributed by atoms with Gasteiger partial charge in [-0.15, -0.1) is 0 Å². The number of hydrogen-bond acceptors (Lipinski definition) is 4. The highest BCUT2D eigenvalue weighted by Gasteiger charge is 2.33. The number of fused-ring (bicyclic) bond motifs is 1. The number of halogens is 3. The molecule has 5 nitrogen and oxygen atoms in total. The summed E-state index contributed by atoms with van der Waals surface area (Å²) in [5.41, 5.74) is -0.145. The molecule has 29 heavy (non-hydrogen) atoms. The molecule has 0 saturated heterocycles. The molecular weight excluding hydrogens is 385 g/mol. The van der Waals surface area contributed by atoms with Crippen LogP contribution in [-0.4, -0.2) is 25.1 Å². The van der Waals surface area contributed by atoms with Gasteiger partial charge in [0.25, 0.3) is 0 Å². The highest BCUT2D eigenvalue weighted by Crippen LogP contribution is 2.35. The largest absolute Gasteiger partial charge is 0.493 e. The van der Waals surface area contributed by atoms with E-state index in [1.165, 1.54) is 44.7 Å². The van der Waals surface area contributed by atoms with E-state index >= 15 is 0 Å². The summed E-state index contributed by atoms with van der Waals surface area (Å²) in [5, 5.41) is 2.80. The summed E-state index contributed by atoms with van der Waals surface area (Å²) in [6.45, 7) is 0. The number of methoxy groups -OCH3 is 2. The highest BCUT2D eigenvalue weighted by atomic mass is 19.4. The van der Waals surface area contributed by atoms with E-state index in [-0.39, 0.29) is 16.6 Å². The van der Waals surface area contributed by atoms with Crippen molar-refractivity contribution in [3.63, 3.8) is 0 Å². The van der Waals surface area contributed by atoms with Gasteiger partial charge in [0.05, 0.1) is 31.0 Å². The zero-order valence-electron chi connectivity index (χ0n) is 15.6. The predicted octanol–water partition coefficient (Wildman–Crippen LogP) is 4.92. The molecule has 0 aliphatic heterocycles. The molecule has 1 heterocycles. The van der Waals surface area contributed by atoms with Crippen LogP contribution in [-0.2, 0) is 11.0 Å². The third kappa shape index (κ3) is 4.48. The molecule has 1 N–H and O–H groups in total. The van der Waals surface area contributed by atoms with Gasteiger partial charge in [-0.2, -0.15) is 13.2 Å². The Hall–Kier alpha value is -3.55. The van der Waals surface area contributed by atoms with Gasteiger partial charge >= 0.3 is 6.18 Å². The molecule has 8 heteroatoms. The topological polar surface area (TPSA) is 60.5 Å². The maximum Gasteiger partial charge on any atom is 0.418 e. The van der Waals surface area contributed by atoms with E-state index in [4.69, 9.17) is 9.47 Å². The number of aromatic nitrogens is 1. The van der Waals surface area contributed by atoms with Crippen LogP contribution in [0.3, 0.4) is 0 Å². The van der Waals surface area contributed by atoms with Crippen molar-refractivity contribution in [2.75, 3.05) is 19.5 Å². The first-order chi connectivity index (χ1) is 13.8. The summed E-state index contributed by atoms with van der Waals surface area (Å²) >= 11 is 0. The van der Waals surface area contributed by atoms with Crippen molar-refractivity contribution in [1.29, 1.82) is 0 Å². The van der Waals surface area contributed by atoms with Crippen molar-refractivity contribution in [2.24, 2.45) is 0 Å². The van der Waals surface area contributed by atoms with Gasteiger partial charge in [-0.1, -0.05) is 18.2 Å². The average molecular weight is 402 g/mol. The Kier molecular flexibility index (Phi) is 5.72. The minimum absolute atomic E-state index is 0.204. The molecule has 0 bridgehead atoms. The normalized spacial score (nSPS) is 11.6. The van der Waals surface area contributed by atoms with Crippen LogP contribution in [0.1, 0.15) is 11.1 Å². The summed E-state index contributed by atoms with van der Waals surface area (Å²) in [5.74, 6) is 0.567. The molecule has 3 rings (SSSR count). The van der Waals surface area contributed by atoms with Crippen molar-refractivity contribution >= 4 is 28.6 Å². The molecule has 1 aromatic heterocycles. The van der Waals surface area contributed by atoms with Gasteiger partial charge in [0.1, 0.15) is 0 Å². The standard InChI is InChI=1S/C21H17F3N2O3/c1-28-17-8-6-13(12-18(17)29-2)7-9-19(27)26-16-10-11-25-20-14(16)4-3-5-15(20)21(22,23)24/h3-12H,1-2H3,(H,25,26,27)/b9-7+. The van der Waals surface area contributed by atoms with Crippen molar-refractivity contribution in [1.82, 2.24) is 4.98 Å². The molecule has 0 radical (unpaired) electrons. The number of anilines is 1. The second-order valence-corrected chi connectivity index (χ2v) is 6.00. The van der Waals surface area contributed by atoms with Gasteiger partial charge in [0, 0.05) is 17.7 Å². The third-order valence-electron chi connectivity index (χ3n) is 4.17. The lowest BCUT2D eigenvalue weighted by atomic mass is 10.1. The number of ether oxygens (including phenoxy) is 2. The first kappa shape index (κ1) is 20.2. The van der Waals surface area contributed by atoms with Crippen LogP contribution in [0.4, 0.5) is 18.9 Å². The Morgan fingerprint density at radius 3 is 2.52 bits per heavy atom. The minimum Gasteiger partial charge on any atom is -0.493 e. The molecule has 0 aliphatic rings. The van der Waals surface area contributed by atoms with Gasteiger partial charge in [0.2, 0.25) is 5.91 Å². The average Bonchev–Trinajstić information content (AvgIpc) is 2.71. The Morgan fingerprint density at radius 1 is 1.07 bits per heavy atom. The number of amides is 1. The van der Waals surface area contributed by atoms with Crippen LogP contribution in [0.5, 0.6) is 11.5 Å². The predicted molar refractivity (Wildman–Crippen MR) is 104 cm³/mol. The number of pyridine rings is 1. The molecule has 150 valence electrons. The molecule has 0 fully saturated rings. The van der Waals surface area contributed by atoms with Crippen LogP contribution in [0, 0.1) is 0 Å². The number of carbonyl (C=O) groups is 1. The summed E-state index contributed by atoms with van der Waals surface area (Å²) < 4.78 is 49.9. The van der Waals surface area contributed by atoms with Crippen molar-refractivity contribution < 1.29 is 27.4 Å². The lowest BCUT2D eigenvalue weighted by Crippen LogP contribution is -2.10. The number of hydrogen-bond donors (Lipinski definition) is 1. The van der Waals surface area contributed by atoms with Crippen LogP contribution in [0.15, 0.2) is 54.7 Å². The van der Waals surface area contributed by atoms with Gasteiger partial charge in [-0.05, 0) is 35.9 Å². The van der Waals surface area contributed by atoms with Crippen molar-refractivity contribution in [3.8, 4) is 11.5 Å². The van der Waals surface area contributed by atoms with Gasteiger partial charge < -0.3 is 14.8 Å². The summed E-state index contributed by atoms with van der Waals surface area (Å²) in [6, 6.07) is 10.3. The molecule has 2 aromatic carbocycles. The molecule has 0 aliphatic carbocycles. The van der Waals surface area contributed by atoms with Crippen LogP contribution in [0.2, 0.25) is 0 Å². The SMILES string of the molecule is COc1ccc(/C=C/C(=O)Nc2ccnc3c(C(F)(F)F)cccc23)cc1OC.